The number of benzene rings is 1. The molecule has 0 radical (unpaired) electrons. The zero-order valence-corrected chi connectivity index (χ0v) is 9.27. The Balaban J connectivity index is 3.21. The van der Waals surface area contributed by atoms with E-state index in [0.717, 1.165) is 0 Å². The lowest BCUT2D eigenvalue weighted by molar-refractivity contribution is -0.385. The van der Waals surface area contributed by atoms with E-state index in [0.29, 0.717) is 11.1 Å². The third-order valence-electron chi connectivity index (χ3n) is 2.14. The minimum absolute atomic E-state index is 0.139. The first-order chi connectivity index (χ1) is 7.47. The first-order valence-electron chi connectivity index (χ1n) is 4.50. The van der Waals surface area contributed by atoms with E-state index >= 15 is 0 Å². The number of alkyl halides is 1. The molecule has 0 spiro atoms. The molecule has 0 heterocycles. The fourth-order valence-electron chi connectivity index (χ4n) is 1.31. The summed E-state index contributed by atoms with van der Waals surface area (Å²) in [5, 5.41) is 18.7. The third-order valence-corrected chi connectivity index (χ3v) is 2.68. The van der Waals surface area contributed by atoms with E-state index in [1.807, 2.05) is 0 Å². The normalized spacial score (nSPS) is 12.2. The molecule has 0 aromatic heterocycles. The molecule has 1 unspecified atom stereocenters. The van der Waals surface area contributed by atoms with Gasteiger partial charge in [0, 0.05) is 12.1 Å². The smallest absolute Gasteiger partial charge is 0.269 e. The minimum Gasteiger partial charge on any atom is -0.392 e. The number of nitrogens with zero attached hydrogens (tertiary/aromatic N) is 1. The molecule has 0 saturated heterocycles. The van der Waals surface area contributed by atoms with Gasteiger partial charge in [-0.05, 0) is 24.1 Å². The fraction of sp³-hybridized carbons (Fsp3) is 0.300. The van der Waals surface area contributed by atoms with Gasteiger partial charge in [0.2, 0.25) is 0 Å². The standard InChI is InChI=1S/C10H10ClNO4/c1-6(14)10(11)9-3-2-8(12(15)16)4-7(9)5-13/h2-4,10,13H,5H2,1H3. The number of halogens is 1. The van der Waals surface area contributed by atoms with Gasteiger partial charge >= 0.3 is 0 Å². The number of non-ortho nitro benzene ring substituents is 1. The average molecular weight is 244 g/mol. The monoisotopic (exact) mass is 243 g/mol. The Morgan fingerprint density at radius 2 is 2.25 bits per heavy atom. The number of hydrogen-bond acceptors (Lipinski definition) is 4. The predicted octanol–water partition coefficient (Wildman–Crippen LogP) is 1.96. The molecule has 0 amide bonds. The number of aliphatic hydroxyl groups is 1. The van der Waals surface area contributed by atoms with E-state index in [1.165, 1.54) is 25.1 Å². The molecule has 1 rings (SSSR count). The number of ketones is 1. The lowest BCUT2D eigenvalue weighted by Crippen LogP contribution is -2.06. The number of hydrogen-bond donors (Lipinski definition) is 1. The highest BCUT2D eigenvalue weighted by Gasteiger charge is 2.19. The molecule has 0 aliphatic rings. The zero-order valence-electron chi connectivity index (χ0n) is 8.51. The molecule has 0 fully saturated rings. The lowest BCUT2D eigenvalue weighted by Gasteiger charge is -2.10. The van der Waals surface area contributed by atoms with Crippen molar-refractivity contribution < 1.29 is 14.8 Å². The number of nitro benzene ring substituents is 1. The van der Waals surface area contributed by atoms with Crippen LogP contribution in [0.15, 0.2) is 18.2 Å². The SMILES string of the molecule is CC(=O)C(Cl)c1ccc([N+](=O)[O-])cc1CO. The summed E-state index contributed by atoms with van der Waals surface area (Å²) in [7, 11) is 0. The van der Waals surface area contributed by atoms with Gasteiger partial charge in [-0.2, -0.15) is 0 Å². The van der Waals surface area contributed by atoms with E-state index in [2.05, 4.69) is 0 Å². The van der Waals surface area contributed by atoms with Gasteiger partial charge in [-0.25, -0.2) is 0 Å². The molecular weight excluding hydrogens is 234 g/mol. The van der Waals surface area contributed by atoms with Crippen LogP contribution >= 0.6 is 11.6 Å². The van der Waals surface area contributed by atoms with Crippen molar-refractivity contribution in [2.45, 2.75) is 18.9 Å². The molecule has 0 aliphatic carbocycles. The van der Waals surface area contributed by atoms with Gasteiger partial charge in [0.25, 0.3) is 5.69 Å². The largest absolute Gasteiger partial charge is 0.392 e. The average Bonchev–Trinajstić information content (AvgIpc) is 2.26. The molecule has 0 saturated carbocycles. The number of carbonyl (C=O) groups excluding carboxylic acids is 1. The van der Waals surface area contributed by atoms with Gasteiger partial charge in [-0.3, -0.25) is 14.9 Å². The predicted molar refractivity (Wildman–Crippen MR) is 58.3 cm³/mol. The molecule has 0 bridgehead atoms. The van der Waals surface area contributed by atoms with Crippen molar-refractivity contribution in [2.75, 3.05) is 0 Å². The van der Waals surface area contributed by atoms with Gasteiger partial charge in [0.05, 0.1) is 11.5 Å². The van der Waals surface area contributed by atoms with Crippen molar-refractivity contribution in [3.8, 4) is 0 Å². The second-order valence-corrected chi connectivity index (χ2v) is 3.71. The molecule has 1 aromatic rings. The van der Waals surface area contributed by atoms with Gasteiger partial charge in [0.15, 0.2) is 5.78 Å². The van der Waals surface area contributed by atoms with Crippen LogP contribution < -0.4 is 0 Å². The van der Waals surface area contributed by atoms with Crippen LogP contribution in [0, 0.1) is 10.1 Å². The summed E-state index contributed by atoms with van der Waals surface area (Å²) in [5.74, 6) is -0.273. The number of rotatable bonds is 4. The van der Waals surface area contributed by atoms with E-state index in [4.69, 9.17) is 16.7 Å². The highest BCUT2D eigenvalue weighted by atomic mass is 35.5. The van der Waals surface area contributed by atoms with Gasteiger partial charge in [-0.1, -0.05) is 0 Å². The van der Waals surface area contributed by atoms with E-state index < -0.39 is 16.9 Å². The fourth-order valence-corrected chi connectivity index (χ4v) is 1.52. The molecule has 16 heavy (non-hydrogen) atoms. The van der Waals surface area contributed by atoms with Crippen molar-refractivity contribution in [3.05, 3.63) is 39.4 Å². The summed E-state index contributed by atoms with van der Waals surface area (Å²) in [6.07, 6.45) is 0. The van der Waals surface area contributed by atoms with Crippen LogP contribution in [-0.4, -0.2) is 15.8 Å². The van der Waals surface area contributed by atoms with Crippen molar-refractivity contribution in [2.24, 2.45) is 0 Å². The summed E-state index contributed by atoms with van der Waals surface area (Å²) in [6.45, 7) is 0.924. The second kappa shape index (κ2) is 5.05. The quantitative estimate of drug-likeness (QED) is 0.498. The highest BCUT2D eigenvalue weighted by molar-refractivity contribution is 6.30. The van der Waals surface area contributed by atoms with Crippen molar-refractivity contribution in [3.63, 3.8) is 0 Å². The Hall–Kier alpha value is -1.46. The van der Waals surface area contributed by atoms with Crippen LogP contribution in [0.2, 0.25) is 0 Å². The Bertz CT molecular complexity index is 433. The van der Waals surface area contributed by atoms with Crippen molar-refractivity contribution in [1.82, 2.24) is 0 Å². The number of nitro groups is 1. The van der Waals surface area contributed by atoms with Crippen LogP contribution in [0.1, 0.15) is 23.4 Å². The third kappa shape index (κ3) is 2.56. The van der Waals surface area contributed by atoms with Crippen LogP contribution in [0.3, 0.4) is 0 Å². The summed E-state index contributed by atoms with van der Waals surface area (Å²) in [5.41, 5.74) is 0.562. The minimum atomic E-state index is -0.886. The van der Waals surface area contributed by atoms with E-state index in [9.17, 15) is 14.9 Å². The zero-order chi connectivity index (χ0) is 12.3. The van der Waals surface area contributed by atoms with Crippen LogP contribution in [0.5, 0.6) is 0 Å². The lowest BCUT2D eigenvalue weighted by atomic mass is 10.0. The van der Waals surface area contributed by atoms with Crippen molar-refractivity contribution in [1.29, 1.82) is 0 Å². The molecule has 1 aromatic carbocycles. The van der Waals surface area contributed by atoms with Crippen LogP contribution in [-0.2, 0) is 11.4 Å². The van der Waals surface area contributed by atoms with E-state index in [-0.39, 0.29) is 11.5 Å². The maximum Gasteiger partial charge on any atom is 0.269 e. The topological polar surface area (TPSA) is 80.4 Å². The molecule has 1 N–H and O–H groups in total. The summed E-state index contributed by atoms with van der Waals surface area (Å²) in [6, 6.07) is 3.86. The maximum atomic E-state index is 11.1. The Kier molecular flexibility index (Phi) is 3.98. The highest BCUT2D eigenvalue weighted by Crippen LogP contribution is 2.28. The summed E-state index contributed by atoms with van der Waals surface area (Å²) < 4.78 is 0. The molecule has 86 valence electrons. The first kappa shape index (κ1) is 12.6. The number of carbonyl (C=O) groups is 1. The Morgan fingerprint density at radius 1 is 1.62 bits per heavy atom. The second-order valence-electron chi connectivity index (χ2n) is 3.27. The van der Waals surface area contributed by atoms with Gasteiger partial charge in [0.1, 0.15) is 5.38 Å². The maximum absolute atomic E-state index is 11.1. The molecule has 1 atom stereocenters. The molecule has 6 heteroatoms. The molecule has 5 nitrogen and oxygen atoms in total. The number of Topliss-reactive ketones (excluding diaryl/α,β-unsaturated/α-hetero) is 1. The van der Waals surface area contributed by atoms with Crippen LogP contribution in [0.4, 0.5) is 5.69 Å². The Labute approximate surface area is 96.8 Å². The van der Waals surface area contributed by atoms with Crippen molar-refractivity contribution >= 4 is 23.1 Å². The number of aliphatic hydroxyl groups excluding tert-OH is 1. The summed E-state index contributed by atoms with van der Waals surface area (Å²) in [4.78, 5) is 21.0. The molecule has 0 aliphatic heterocycles. The first-order valence-corrected chi connectivity index (χ1v) is 4.93. The Morgan fingerprint density at radius 3 is 2.69 bits per heavy atom. The molecular formula is C10H10ClNO4. The van der Waals surface area contributed by atoms with E-state index in [1.54, 1.807) is 0 Å². The van der Waals surface area contributed by atoms with Gasteiger partial charge in [-0.15, -0.1) is 11.6 Å². The van der Waals surface area contributed by atoms with Gasteiger partial charge < -0.3 is 5.11 Å². The van der Waals surface area contributed by atoms with Crippen LogP contribution in [0.25, 0.3) is 0 Å². The summed E-state index contributed by atoms with van der Waals surface area (Å²) >= 11 is 5.83.